The van der Waals surface area contributed by atoms with Crippen molar-refractivity contribution in [1.29, 1.82) is 0 Å². The first-order valence-corrected chi connectivity index (χ1v) is 12.1. The van der Waals surface area contributed by atoms with Gasteiger partial charge in [0.1, 0.15) is 23.9 Å². The van der Waals surface area contributed by atoms with Crippen LogP contribution in [0.15, 0.2) is 24.3 Å². The van der Waals surface area contributed by atoms with Crippen molar-refractivity contribution in [3.8, 4) is 5.75 Å². The van der Waals surface area contributed by atoms with Gasteiger partial charge in [0, 0.05) is 6.42 Å². The van der Waals surface area contributed by atoms with Crippen molar-refractivity contribution in [2.45, 2.75) is 84.2 Å². The first-order chi connectivity index (χ1) is 16.8. The maximum Gasteiger partial charge on any atom is 0.326 e. The van der Waals surface area contributed by atoms with E-state index in [0.29, 0.717) is 18.4 Å². The number of carbonyl (C=O) groups excluding carboxylic acids is 3. The largest absolute Gasteiger partial charge is 0.508 e. The van der Waals surface area contributed by atoms with E-state index in [0.717, 1.165) is 0 Å². The Bertz CT molecular complexity index is 889. The number of aliphatic carboxylic acids is 1. The number of aliphatic hydroxyl groups excluding tert-OH is 1. The maximum atomic E-state index is 13.1. The minimum atomic E-state index is -1.39. The summed E-state index contributed by atoms with van der Waals surface area (Å²) in [5, 5.41) is 36.7. The Kier molecular flexibility index (Phi) is 12.3. The van der Waals surface area contributed by atoms with E-state index >= 15 is 0 Å². The number of aliphatic hydroxyl groups is 1. The lowest BCUT2D eigenvalue weighted by Gasteiger charge is -2.27. The maximum absolute atomic E-state index is 13.1. The molecule has 8 N–H and O–H groups in total. The van der Waals surface area contributed by atoms with Gasteiger partial charge in [0.2, 0.25) is 17.7 Å². The van der Waals surface area contributed by atoms with Crippen LogP contribution in [0.4, 0.5) is 0 Å². The van der Waals surface area contributed by atoms with E-state index in [1.165, 1.54) is 19.1 Å². The molecule has 0 saturated carbocycles. The summed E-state index contributed by atoms with van der Waals surface area (Å²) in [4.78, 5) is 50.4. The minimum Gasteiger partial charge on any atom is -0.508 e. The average molecular weight is 509 g/mol. The molecule has 3 amide bonds. The minimum absolute atomic E-state index is 0.0149. The molecular weight excluding hydrogens is 468 g/mol. The van der Waals surface area contributed by atoms with Gasteiger partial charge in [-0.15, -0.1) is 0 Å². The second kappa shape index (κ2) is 14.4. The number of hydrogen-bond donors (Lipinski definition) is 7. The van der Waals surface area contributed by atoms with Gasteiger partial charge in [-0.2, -0.15) is 0 Å². The zero-order valence-corrected chi connectivity index (χ0v) is 21.5. The quantitative estimate of drug-likeness (QED) is 0.186. The Morgan fingerprint density at radius 3 is 1.92 bits per heavy atom. The van der Waals surface area contributed by atoms with E-state index in [4.69, 9.17) is 5.73 Å². The van der Waals surface area contributed by atoms with Crippen molar-refractivity contribution in [3.05, 3.63) is 29.8 Å². The third-order valence-corrected chi connectivity index (χ3v) is 5.91. The number of phenols is 1. The summed E-state index contributed by atoms with van der Waals surface area (Å²) in [6.45, 7) is 8.58. The molecule has 0 heterocycles. The summed E-state index contributed by atoms with van der Waals surface area (Å²) in [7, 11) is 0. The molecule has 202 valence electrons. The van der Waals surface area contributed by atoms with Crippen molar-refractivity contribution in [2.24, 2.45) is 17.6 Å². The molecule has 0 spiro atoms. The number of aromatic hydroxyl groups is 1. The fourth-order valence-electron chi connectivity index (χ4n) is 3.56. The number of nitrogens with two attached hydrogens (primary N) is 1. The summed E-state index contributed by atoms with van der Waals surface area (Å²) in [6, 6.07) is 1.27. The lowest BCUT2D eigenvalue weighted by atomic mass is 9.98. The number of nitrogens with one attached hydrogen (secondary N) is 3. The highest BCUT2D eigenvalue weighted by Gasteiger charge is 2.33. The van der Waals surface area contributed by atoms with Crippen molar-refractivity contribution in [1.82, 2.24) is 16.0 Å². The summed E-state index contributed by atoms with van der Waals surface area (Å²) >= 11 is 0. The first-order valence-electron chi connectivity index (χ1n) is 12.1. The molecule has 1 aromatic carbocycles. The van der Waals surface area contributed by atoms with Crippen LogP contribution in [0.5, 0.6) is 5.75 Å². The zero-order valence-electron chi connectivity index (χ0n) is 21.5. The van der Waals surface area contributed by atoms with Gasteiger partial charge in [-0.05, 0) is 42.9 Å². The fraction of sp³-hybridized carbons (Fsp3) is 0.600. The number of carbonyl (C=O) groups is 4. The number of benzene rings is 1. The smallest absolute Gasteiger partial charge is 0.326 e. The van der Waals surface area contributed by atoms with E-state index < -0.39 is 54.0 Å². The Morgan fingerprint density at radius 2 is 1.44 bits per heavy atom. The number of phenolic OH excluding ortho intramolecular Hbond substituents is 1. The van der Waals surface area contributed by atoms with Gasteiger partial charge >= 0.3 is 5.97 Å². The van der Waals surface area contributed by atoms with E-state index in [2.05, 4.69) is 16.0 Å². The van der Waals surface area contributed by atoms with Crippen molar-refractivity contribution < 1.29 is 34.5 Å². The monoisotopic (exact) mass is 508 g/mol. The Morgan fingerprint density at radius 1 is 0.889 bits per heavy atom. The van der Waals surface area contributed by atoms with Gasteiger partial charge in [0.05, 0.1) is 12.1 Å². The Labute approximate surface area is 211 Å². The highest BCUT2D eigenvalue weighted by Crippen LogP contribution is 2.13. The van der Waals surface area contributed by atoms with Crippen LogP contribution in [0.2, 0.25) is 0 Å². The number of amides is 3. The highest BCUT2D eigenvalue weighted by atomic mass is 16.4. The Hall–Kier alpha value is -3.18. The topological polar surface area (TPSA) is 191 Å². The van der Waals surface area contributed by atoms with Crippen LogP contribution in [0.3, 0.4) is 0 Å². The standard InChI is InChI=1S/C25H40N4O7/c1-6-14(4)20(25(35)36)28-23(33)19(12-16-7-9-17(31)10-8-16)27-24(34)21(15(5)30)29-22(32)18(26)11-13(2)3/h7-10,13-15,18-21,30-31H,6,11-12,26H2,1-5H3,(H,27,34)(H,28,33)(H,29,32)(H,35,36). The molecule has 6 unspecified atom stereocenters. The van der Waals surface area contributed by atoms with Crippen LogP contribution >= 0.6 is 0 Å². The molecule has 1 rings (SSSR count). The Balaban J connectivity index is 3.15. The van der Waals surface area contributed by atoms with Crippen LogP contribution < -0.4 is 21.7 Å². The van der Waals surface area contributed by atoms with Crippen LogP contribution in [0.25, 0.3) is 0 Å². The third kappa shape index (κ3) is 9.82. The zero-order chi connectivity index (χ0) is 27.6. The molecule has 36 heavy (non-hydrogen) atoms. The SMILES string of the molecule is CCC(C)C(NC(=O)C(Cc1ccc(O)cc1)NC(=O)C(NC(=O)C(N)CC(C)C)C(C)O)C(=O)O. The summed E-state index contributed by atoms with van der Waals surface area (Å²) in [5.41, 5.74) is 6.47. The van der Waals surface area contributed by atoms with Gasteiger partial charge in [0.15, 0.2) is 0 Å². The van der Waals surface area contributed by atoms with Gasteiger partial charge in [0.25, 0.3) is 0 Å². The second-order valence-corrected chi connectivity index (χ2v) is 9.60. The molecule has 0 bridgehead atoms. The molecule has 0 aliphatic rings. The summed E-state index contributed by atoms with van der Waals surface area (Å²) < 4.78 is 0. The van der Waals surface area contributed by atoms with Crippen LogP contribution in [-0.4, -0.2) is 69.3 Å². The van der Waals surface area contributed by atoms with E-state index in [1.54, 1.807) is 26.0 Å². The van der Waals surface area contributed by atoms with Gasteiger partial charge < -0.3 is 37.0 Å². The molecule has 0 radical (unpaired) electrons. The van der Waals surface area contributed by atoms with E-state index in [1.807, 2.05) is 13.8 Å². The molecule has 0 aliphatic carbocycles. The number of carboxylic acid groups (broad SMARTS) is 1. The van der Waals surface area contributed by atoms with Crippen molar-refractivity contribution >= 4 is 23.7 Å². The van der Waals surface area contributed by atoms with E-state index in [9.17, 15) is 34.5 Å². The molecule has 1 aromatic rings. The lowest BCUT2D eigenvalue weighted by Crippen LogP contribution is -2.60. The normalized spacial score (nSPS) is 16.2. The predicted octanol–water partition coefficient (Wildman–Crippen LogP) is 0.274. The number of carboxylic acids is 1. The predicted molar refractivity (Wildman–Crippen MR) is 134 cm³/mol. The molecule has 0 saturated heterocycles. The molecular formula is C25H40N4O7. The molecule has 6 atom stereocenters. The summed E-state index contributed by atoms with van der Waals surface area (Å²) in [5.74, 6) is -3.62. The van der Waals surface area contributed by atoms with Gasteiger partial charge in [-0.25, -0.2) is 4.79 Å². The van der Waals surface area contributed by atoms with E-state index in [-0.39, 0.29) is 24.0 Å². The van der Waals surface area contributed by atoms with Crippen LogP contribution in [0.1, 0.15) is 53.0 Å². The van der Waals surface area contributed by atoms with Crippen LogP contribution in [0, 0.1) is 11.8 Å². The van der Waals surface area contributed by atoms with Crippen molar-refractivity contribution in [3.63, 3.8) is 0 Å². The van der Waals surface area contributed by atoms with Gasteiger partial charge in [-0.1, -0.05) is 46.2 Å². The lowest BCUT2D eigenvalue weighted by molar-refractivity contribution is -0.144. The summed E-state index contributed by atoms with van der Waals surface area (Å²) in [6.07, 6.45) is -0.459. The number of hydrogen-bond acceptors (Lipinski definition) is 7. The highest BCUT2D eigenvalue weighted by molar-refractivity contribution is 5.94. The molecule has 0 aromatic heterocycles. The van der Waals surface area contributed by atoms with Crippen molar-refractivity contribution in [2.75, 3.05) is 0 Å². The molecule has 0 aliphatic heterocycles. The third-order valence-electron chi connectivity index (χ3n) is 5.91. The number of rotatable bonds is 14. The molecule has 11 heteroatoms. The molecule has 11 nitrogen and oxygen atoms in total. The second-order valence-electron chi connectivity index (χ2n) is 9.60. The average Bonchev–Trinajstić information content (AvgIpc) is 2.79. The van der Waals surface area contributed by atoms with Gasteiger partial charge in [-0.3, -0.25) is 14.4 Å². The molecule has 0 fully saturated rings. The van der Waals surface area contributed by atoms with Crippen LogP contribution in [-0.2, 0) is 25.6 Å². The fourth-order valence-corrected chi connectivity index (χ4v) is 3.56. The first kappa shape index (κ1) is 30.9.